The Morgan fingerprint density at radius 1 is 1.03 bits per heavy atom. The van der Waals surface area contributed by atoms with Crippen LogP contribution in [0.5, 0.6) is 0 Å². The quantitative estimate of drug-likeness (QED) is 0.509. The van der Waals surface area contributed by atoms with Gasteiger partial charge in [-0.25, -0.2) is 4.79 Å². The number of alkyl halides is 6. The summed E-state index contributed by atoms with van der Waals surface area (Å²) in [4.78, 5) is 19.0. The second-order valence-electron chi connectivity index (χ2n) is 9.82. The summed E-state index contributed by atoms with van der Waals surface area (Å²) < 4.78 is 80.5. The number of aromatic nitrogens is 1. The van der Waals surface area contributed by atoms with Gasteiger partial charge in [0.05, 0.1) is 0 Å². The third-order valence-corrected chi connectivity index (χ3v) is 7.47. The van der Waals surface area contributed by atoms with Crippen LogP contribution in [0.15, 0.2) is 12.1 Å². The highest BCUT2D eigenvalue weighted by atomic mass is 19.4. The molecule has 1 aromatic heterocycles. The van der Waals surface area contributed by atoms with Gasteiger partial charge < -0.3 is 14.6 Å². The highest BCUT2D eigenvalue weighted by Gasteiger charge is 2.60. The summed E-state index contributed by atoms with van der Waals surface area (Å²) in [7, 11) is 0. The summed E-state index contributed by atoms with van der Waals surface area (Å²) >= 11 is 0. The number of H-pyrrole nitrogens is 1. The molecule has 35 heavy (non-hydrogen) atoms. The van der Waals surface area contributed by atoms with Gasteiger partial charge in [0.1, 0.15) is 0 Å². The van der Waals surface area contributed by atoms with E-state index < -0.39 is 24.5 Å². The minimum absolute atomic E-state index is 0.0434. The van der Waals surface area contributed by atoms with Crippen molar-refractivity contribution in [2.45, 2.75) is 77.0 Å². The number of aryl methyl sites for hydroxylation is 3. The maximum absolute atomic E-state index is 12.8. The number of benzene rings is 1. The van der Waals surface area contributed by atoms with Crippen LogP contribution in [0.3, 0.4) is 0 Å². The molecule has 2 saturated heterocycles. The van der Waals surface area contributed by atoms with E-state index in [1.54, 1.807) is 0 Å². The van der Waals surface area contributed by atoms with E-state index in [1.807, 2.05) is 0 Å². The van der Waals surface area contributed by atoms with Crippen molar-refractivity contribution in [2.75, 3.05) is 19.6 Å². The molecule has 1 amide bonds. The number of amides is 1. The Hall–Kier alpha value is -2.43. The molecule has 2 aliphatic rings. The third-order valence-electron chi connectivity index (χ3n) is 7.47. The molecule has 1 N–H and O–H groups in total. The van der Waals surface area contributed by atoms with E-state index in [2.05, 4.69) is 47.5 Å². The van der Waals surface area contributed by atoms with Gasteiger partial charge in [0.25, 0.3) is 6.10 Å². The van der Waals surface area contributed by atoms with Crippen molar-refractivity contribution >= 4 is 17.0 Å². The van der Waals surface area contributed by atoms with E-state index in [1.165, 1.54) is 16.5 Å². The average Bonchev–Trinajstić information content (AvgIpc) is 3.27. The number of rotatable bonds is 3. The summed E-state index contributed by atoms with van der Waals surface area (Å²) in [5, 5.41) is 1.17. The normalized spacial score (nSPS) is 19.3. The predicted molar refractivity (Wildman–Crippen MR) is 118 cm³/mol. The van der Waals surface area contributed by atoms with E-state index in [0.717, 1.165) is 41.1 Å². The fourth-order valence-electron chi connectivity index (χ4n) is 5.59. The molecular formula is C24H29F6N3O2. The molecule has 0 bridgehead atoms. The Morgan fingerprint density at radius 3 is 2.26 bits per heavy atom. The van der Waals surface area contributed by atoms with E-state index in [-0.39, 0.29) is 18.6 Å². The van der Waals surface area contributed by atoms with Gasteiger partial charge in [0, 0.05) is 41.8 Å². The summed E-state index contributed by atoms with van der Waals surface area (Å²) in [5.41, 5.74) is 5.44. The van der Waals surface area contributed by atoms with Crippen molar-refractivity contribution in [1.29, 1.82) is 0 Å². The molecule has 2 aliphatic heterocycles. The number of hydrogen-bond donors (Lipinski definition) is 1. The molecule has 3 heterocycles. The summed E-state index contributed by atoms with van der Waals surface area (Å²) in [5.74, 6) is 0. The van der Waals surface area contributed by atoms with Crippen molar-refractivity contribution in [1.82, 2.24) is 14.8 Å². The van der Waals surface area contributed by atoms with Crippen LogP contribution in [0, 0.1) is 20.8 Å². The topological polar surface area (TPSA) is 48.6 Å². The Kier molecular flexibility index (Phi) is 6.53. The largest absolute Gasteiger partial charge is 0.434 e. The van der Waals surface area contributed by atoms with Gasteiger partial charge in [-0.3, -0.25) is 4.90 Å². The monoisotopic (exact) mass is 505 g/mol. The third kappa shape index (κ3) is 4.96. The summed E-state index contributed by atoms with van der Waals surface area (Å²) in [6, 6.07) is 4.27. The lowest BCUT2D eigenvalue weighted by Gasteiger charge is -2.45. The number of piperidine rings is 1. The lowest BCUT2D eigenvalue weighted by atomic mass is 9.85. The number of likely N-dealkylation sites (tertiary alicyclic amines) is 2. The van der Waals surface area contributed by atoms with Gasteiger partial charge in [-0.05, 0) is 70.2 Å². The molecule has 11 heteroatoms. The maximum atomic E-state index is 12.8. The Labute approximate surface area is 199 Å². The second kappa shape index (κ2) is 8.90. The van der Waals surface area contributed by atoms with Crippen molar-refractivity contribution in [3.63, 3.8) is 0 Å². The molecule has 0 aliphatic carbocycles. The lowest BCUT2D eigenvalue weighted by molar-refractivity contribution is -0.308. The fraction of sp³-hybridized carbons (Fsp3) is 0.625. The number of halogens is 6. The first-order chi connectivity index (χ1) is 16.2. The molecule has 2 fully saturated rings. The SMILES string of the molecule is Cc1cc(C)c2[nH]c(CN3CCCC34CCN(C(=O)OC(C(F)(F)F)C(F)(F)F)CC4)c(C)c2c1. The van der Waals surface area contributed by atoms with Crippen molar-refractivity contribution in [2.24, 2.45) is 0 Å². The van der Waals surface area contributed by atoms with Crippen LogP contribution in [0.2, 0.25) is 0 Å². The van der Waals surface area contributed by atoms with Gasteiger partial charge in [-0.15, -0.1) is 0 Å². The molecule has 194 valence electrons. The Balaban J connectivity index is 1.45. The smallest absolute Gasteiger partial charge is 0.426 e. The summed E-state index contributed by atoms with van der Waals surface area (Å²) in [6.45, 7) is 7.77. The number of hydrogen-bond acceptors (Lipinski definition) is 3. The van der Waals surface area contributed by atoms with Crippen molar-refractivity contribution < 1.29 is 35.9 Å². The zero-order valence-electron chi connectivity index (χ0n) is 19.9. The highest BCUT2D eigenvalue weighted by Crippen LogP contribution is 2.41. The minimum atomic E-state index is -5.72. The second-order valence-corrected chi connectivity index (χ2v) is 9.82. The first-order valence-electron chi connectivity index (χ1n) is 11.6. The van der Waals surface area contributed by atoms with Gasteiger partial charge >= 0.3 is 18.4 Å². The first-order valence-corrected chi connectivity index (χ1v) is 11.6. The van der Waals surface area contributed by atoms with Gasteiger partial charge in [0.15, 0.2) is 0 Å². The molecule has 5 nitrogen and oxygen atoms in total. The van der Waals surface area contributed by atoms with Gasteiger partial charge in [0.2, 0.25) is 0 Å². The number of nitrogens with one attached hydrogen (secondary N) is 1. The number of aromatic amines is 1. The van der Waals surface area contributed by atoms with Crippen molar-refractivity contribution in [3.8, 4) is 0 Å². The van der Waals surface area contributed by atoms with Crippen LogP contribution in [0.4, 0.5) is 31.1 Å². The molecule has 0 unspecified atom stereocenters. The Morgan fingerprint density at radius 2 is 1.66 bits per heavy atom. The number of carbonyl (C=O) groups excluding carboxylic acids is 1. The zero-order valence-corrected chi connectivity index (χ0v) is 19.9. The predicted octanol–water partition coefficient (Wildman–Crippen LogP) is 6.15. The first kappa shape index (κ1) is 25.7. The van der Waals surface area contributed by atoms with Crippen LogP contribution in [-0.4, -0.2) is 64.5 Å². The van der Waals surface area contributed by atoms with Crippen LogP contribution < -0.4 is 0 Å². The van der Waals surface area contributed by atoms with Gasteiger partial charge in [-0.2, -0.15) is 26.3 Å². The minimum Gasteiger partial charge on any atom is -0.426 e. The molecule has 0 saturated carbocycles. The molecule has 1 aromatic carbocycles. The van der Waals surface area contributed by atoms with Crippen LogP contribution in [0.25, 0.3) is 10.9 Å². The van der Waals surface area contributed by atoms with E-state index >= 15 is 0 Å². The van der Waals surface area contributed by atoms with E-state index in [4.69, 9.17) is 0 Å². The molecule has 0 radical (unpaired) electrons. The highest BCUT2D eigenvalue weighted by molar-refractivity contribution is 5.87. The standard InChI is InChI=1S/C24H29F6N3O2/c1-14-11-15(2)19-17(12-14)16(3)18(31-19)13-33-8-4-5-22(33)6-9-32(10-7-22)21(34)35-20(23(25,26)27)24(28,29)30/h11-12,20,31H,4-10,13H2,1-3H3. The van der Waals surface area contributed by atoms with E-state index in [9.17, 15) is 31.1 Å². The van der Waals surface area contributed by atoms with Crippen LogP contribution in [-0.2, 0) is 11.3 Å². The molecule has 0 atom stereocenters. The van der Waals surface area contributed by atoms with E-state index in [0.29, 0.717) is 19.4 Å². The number of nitrogens with zero attached hydrogens (tertiary/aromatic N) is 2. The molecular weight excluding hydrogens is 476 g/mol. The molecule has 2 aromatic rings. The summed E-state index contributed by atoms with van der Waals surface area (Å²) in [6.07, 6.45) is -14.4. The average molecular weight is 506 g/mol. The Bertz CT molecular complexity index is 1090. The number of fused-ring (bicyclic) bond motifs is 1. The fourth-order valence-corrected chi connectivity index (χ4v) is 5.59. The zero-order chi connectivity index (χ0) is 25.8. The number of carbonyl (C=O) groups is 1. The molecule has 1 spiro atoms. The van der Waals surface area contributed by atoms with Crippen LogP contribution in [0.1, 0.15) is 48.1 Å². The molecule has 4 rings (SSSR count). The lowest BCUT2D eigenvalue weighted by Crippen LogP contribution is -2.54. The number of ether oxygens (including phenoxy) is 1. The maximum Gasteiger partial charge on any atom is 0.434 e. The van der Waals surface area contributed by atoms with Crippen LogP contribution >= 0.6 is 0 Å². The van der Waals surface area contributed by atoms with Gasteiger partial charge in [-0.1, -0.05) is 11.6 Å². The van der Waals surface area contributed by atoms with Crippen molar-refractivity contribution in [3.05, 3.63) is 34.5 Å².